The van der Waals surface area contributed by atoms with Gasteiger partial charge in [0.25, 0.3) is 0 Å². The third kappa shape index (κ3) is 1.38. The van der Waals surface area contributed by atoms with Crippen LogP contribution in [0.5, 0.6) is 0 Å². The topological polar surface area (TPSA) is 57.6 Å². The van der Waals surface area contributed by atoms with Crippen molar-refractivity contribution in [1.29, 1.82) is 0 Å². The fourth-order valence-electron chi connectivity index (χ4n) is 1.91. The molecule has 0 aliphatic carbocycles. The lowest BCUT2D eigenvalue weighted by Gasteiger charge is -2.36. The molecule has 1 aliphatic rings. The molecule has 0 aromatic rings. The van der Waals surface area contributed by atoms with Crippen LogP contribution in [-0.4, -0.2) is 35.5 Å². The van der Waals surface area contributed by atoms with Crippen LogP contribution in [0.4, 0.5) is 0 Å². The molecule has 14 heavy (non-hydrogen) atoms. The van der Waals surface area contributed by atoms with Gasteiger partial charge >= 0.3 is 5.97 Å². The number of hydrogen-bond donors (Lipinski definition) is 1. The van der Waals surface area contributed by atoms with Crippen molar-refractivity contribution in [3.05, 3.63) is 0 Å². The number of carbonyl (C=O) groups is 2. The Morgan fingerprint density at radius 2 is 2.00 bits per heavy atom. The van der Waals surface area contributed by atoms with Crippen LogP contribution in [0.2, 0.25) is 0 Å². The Morgan fingerprint density at radius 3 is 2.14 bits per heavy atom. The van der Waals surface area contributed by atoms with E-state index >= 15 is 0 Å². The van der Waals surface area contributed by atoms with Gasteiger partial charge in [-0.1, -0.05) is 20.8 Å². The summed E-state index contributed by atoms with van der Waals surface area (Å²) in [6.07, 6.45) is 0.113. The van der Waals surface area contributed by atoms with E-state index in [1.807, 2.05) is 20.8 Å². The van der Waals surface area contributed by atoms with Crippen molar-refractivity contribution in [3.63, 3.8) is 0 Å². The van der Waals surface area contributed by atoms with Crippen LogP contribution in [0, 0.1) is 10.8 Å². The van der Waals surface area contributed by atoms with Crippen molar-refractivity contribution in [2.45, 2.75) is 27.2 Å². The van der Waals surface area contributed by atoms with Crippen molar-refractivity contribution < 1.29 is 14.7 Å². The summed E-state index contributed by atoms with van der Waals surface area (Å²) in [6, 6.07) is 0. The predicted molar refractivity (Wildman–Crippen MR) is 51.8 cm³/mol. The molecule has 4 heteroatoms. The zero-order valence-electron chi connectivity index (χ0n) is 9.13. The highest BCUT2D eigenvalue weighted by molar-refractivity contribution is 5.89. The van der Waals surface area contributed by atoms with Crippen LogP contribution in [0.1, 0.15) is 27.2 Å². The zero-order chi connectivity index (χ0) is 11.1. The van der Waals surface area contributed by atoms with Crippen LogP contribution in [0.3, 0.4) is 0 Å². The molecule has 0 aromatic carbocycles. The molecule has 0 bridgehead atoms. The molecule has 0 radical (unpaired) electrons. The smallest absolute Gasteiger partial charge is 0.312 e. The van der Waals surface area contributed by atoms with E-state index in [0.29, 0.717) is 6.54 Å². The molecule has 0 aromatic heterocycles. The first kappa shape index (κ1) is 11.0. The summed E-state index contributed by atoms with van der Waals surface area (Å²) in [7, 11) is 1.65. The fourth-order valence-corrected chi connectivity index (χ4v) is 1.91. The van der Waals surface area contributed by atoms with Gasteiger partial charge in [-0.2, -0.15) is 0 Å². The average molecular weight is 199 g/mol. The number of carboxylic acid groups (broad SMARTS) is 1. The third-order valence-corrected chi connectivity index (χ3v) is 3.23. The molecule has 1 rings (SSSR count). The Hall–Kier alpha value is -1.06. The fraction of sp³-hybridized carbons (Fsp3) is 0.800. The second-order valence-corrected chi connectivity index (χ2v) is 5.06. The number of carboxylic acids is 1. The summed E-state index contributed by atoms with van der Waals surface area (Å²) < 4.78 is 0. The predicted octanol–water partition coefficient (Wildman–Crippen LogP) is 0.966. The maximum absolute atomic E-state index is 11.4. The summed E-state index contributed by atoms with van der Waals surface area (Å²) in [5.74, 6) is -0.954. The van der Waals surface area contributed by atoms with Crippen molar-refractivity contribution in [2.24, 2.45) is 10.8 Å². The number of hydrogen-bond acceptors (Lipinski definition) is 2. The van der Waals surface area contributed by atoms with E-state index in [2.05, 4.69) is 0 Å². The monoisotopic (exact) mass is 199 g/mol. The number of rotatable bonds is 1. The van der Waals surface area contributed by atoms with Gasteiger partial charge in [-0.15, -0.1) is 0 Å². The van der Waals surface area contributed by atoms with Crippen LogP contribution in [0.25, 0.3) is 0 Å². The largest absolute Gasteiger partial charge is 0.481 e. The molecule has 80 valence electrons. The van der Waals surface area contributed by atoms with E-state index in [9.17, 15) is 14.7 Å². The van der Waals surface area contributed by atoms with Gasteiger partial charge in [-0.25, -0.2) is 0 Å². The molecule has 0 saturated carbocycles. The first-order valence-electron chi connectivity index (χ1n) is 4.68. The molecule has 1 heterocycles. The highest BCUT2D eigenvalue weighted by Gasteiger charge is 2.55. The third-order valence-electron chi connectivity index (χ3n) is 3.23. The lowest BCUT2D eigenvalue weighted by molar-refractivity contribution is -0.155. The highest BCUT2D eigenvalue weighted by Crippen LogP contribution is 2.46. The van der Waals surface area contributed by atoms with E-state index in [-0.39, 0.29) is 12.3 Å². The Kier molecular flexibility index (Phi) is 2.34. The minimum absolute atomic E-state index is 0.0812. The molecular weight excluding hydrogens is 182 g/mol. The summed E-state index contributed by atoms with van der Waals surface area (Å²) in [6.45, 7) is 5.92. The van der Waals surface area contributed by atoms with Gasteiger partial charge < -0.3 is 10.0 Å². The Bertz CT molecular complexity index is 280. The van der Waals surface area contributed by atoms with E-state index in [1.165, 1.54) is 4.90 Å². The van der Waals surface area contributed by atoms with Crippen molar-refractivity contribution in [1.82, 2.24) is 4.90 Å². The second kappa shape index (κ2) is 2.97. The number of likely N-dealkylation sites (tertiary alicyclic amines) is 1. The molecule has 1 fully saturated rings. The quantitative estimate of drug-likeness (QED) is 0.684. The molecule has 1 N–H and O–H groups in total. The first-order valence-corrected chi connectivity index (χ1v) is 4.68. The number of nitrogens with zero attached hydrogens (tertiary/aromatic N) is 1. The highest BCUT2D eigenvalue weighted by atomic mass is 16.4. The van der Waals surface area contributed by atoms with Gasteiger partial charge in [-0.3, -0.25) is 9.59 Å². The van der Waals surface area contributed by atoms with Gasteiger partial charge in [0.2, 0.25) is 5.91 Å². The molecule has 1 aliphatic heterocycles. The maximum atomic E-state index is 11.4. The van der Waals surface area contributed by atoms with Crippen molar-refractivity contribution >= 4 is 11.9 Å². The Labute approximate surface area is 83.9 Å². The maximum Gasteiger partial charge on any atom is 0.312 e. The Morgan fingerprint density at radius 1 is 1.50 bits per heavy atom. The summed E-state index contributed by atoms with van der Waals surface area (Å²) in [5.41, 5.74) is -1.34. The van der Waals surface area contributed by atoms with Gasteiger partial charge in [0.05, 0.1) is 5.41 Å². The molecule has 1 saturated heterocycles. The lowest BCUT2D eigenvalue weighted by Crippen LogP contribution is -2.44. The van der Waals surface area contributed by atoms with Crippen molar-refractivity contribution in [2.75, 3.05) is 13.6 Å². The van der Waals surface area contributed by atoms with E-state index in [1.54, 1.807) is 7.05 Å². The molecule has 1 unspecified atom stereocenters. The molecule has 1 amide bonds. The van der Waals surface area contributed by atoms with Crippen LogP contribution in [0.15, 0.2) is 0 Å². The summed E-state index contributed by atoms with van der Waals surface area (Å²) in [4.78, 5) is 24.2. The van der Waals surface area contributed by atoms with Gasteiger partial charge in [0.1, 0.15) is 0 Å². The van der Waals surface area contributed by atoms with Crippen LogP contribution < -0.4 is 0 Å². The molecule has 1 atom stereocenters. The first-order chi connectivity index (χ1) is 6.21. The van der Waals surface area contributed by atoms with E-state index in [0.717, 1.165) is 0 Å². The number of carbonyl (C=O) groups excluding carboxylic acids is 1. The van der Waals surface area contributed by atoms with Gasteiger partial charge in [0, 0.05) is 20.0 Å². The molecular formula is C10H17NO3. The molecule has 4 nitrogen and oxygen atoms in total. The molecule has 0 spiro atoms. The van der Waals surface area contributed by atoms with E-state index < -0.39 is 16.8 Å². The minimum atomic E-state index is -0.932. The van der Waals surface area contributed by atoms with Crippen molar-refractivity contribution in [3.8, 4) is 0 Å². The van der Waals surface area contributed by atoms with Crippen LogP contribution >= 0.6 is 0 Å². The Balaban J connectivity index is 3.10. The average Bonchev–Trinajstić information content (AvgIpc) is 2.28. The van der Waals surface area contributed by atoms with Crippen LogP contribution in [-0.2, 0) is 9.59 Å². The van der Waals surface area contributed by atoms with E-state index in [4.69, 9.17) is 0 Å². The minimum Gasteiger partial charge on any atom is -0.481 e. The normalized spacial score (nSPS) is 28.3. The zero-order valence-corrected chi connectivity index (χ0v) is 9.13. The number of amides is 1. The summed E-state index contributed by atoms with van der Waals surface area (Å²) in [5, 5.41) is 9.26. The SMILES string of the molecule is CN1CC(C(=O)O)(C(C)(C)C)CC1=O. The second-order valence-electron chi connectivity index (χ2n) is 5.06. The van der Waals surface area contributed by atoms with Gasteiger partial charge in [-0.05, 0) is 5.41 Å². The number of aliphatic carboxylic acids is 1. The lowest BCUT2D eigenvalue weighted by atomic mass is 9.66. The standard InChI is InChI=1S/C10H17NO3/c1-9(2,3)10(8(13)14)5-7(12)11(4)6-10/h5-6H2,1-4H3,(H,13,14). The van der Waals surface area contributed by atoms with Gasteiger partial charge in [0.15, 0.2) is 0 Å². The summed E-state index contributed by atoms with van der Waals surface area (Å²) >= 11 is 0.